The number of hydrogen-bond acceptors (Lipinski definition) is 4. The number of ether oxygens (including phenoxy) is 2. The number of benzene rings is 1. The zero-order chi connectivity index (χ0) is 18.4. The van der Waals surface area contributed by atoms with E-state index in [0.717, 1.165) is 24.9 Å². The molecular weight excluding hydrogens is 320 g/mol. The molecule has 0 saturated carbocycles. The third kappa shape index (κ3) is 4.98. The van der Waals surface area contributed by atoms with Crippen LogP contribution in [0.1, 0.15) is 32.3 Å². The molecule has 0 aromatic heterocycles. The Morgan fingerprint density at radius 3 is 2.76 bits per heavy atom. The molecule has 2 N–H and O–H groups in total. The van der Waals surface area contributed by atoms with Gasteiger partial charge in [0.1, 0.15) is 0 Å². The van der Waals surface area contributed by atoms with E-state index in [-0.39, 0.29) is 12.5 Å². The highest BCUT2D eigenvalue weighted by molar-refractivity contribution is 5.92. The van der Waals surface area contributed by atoms with Gasteiger partial charge in [0.25, 0.3) is 5.91 Å². The number of hydrogen-bond donors (Lipinski definition) is 1. The van der Waals surface area contributed by atoms with Crippen LogP contribution in [-0.2, 0) is 9.59 Å². The normalized spacial score (nSPS) is 17.3. The molecular formula is C19H26N2O4. The first-order valence-corrected chi connectivity index (χ1v) is 8.50. The molecule has 1 atom stereocenters. The molecule has 0 bridgehead atoms. The van der Waals surface area contributed by atoms with E-state index in [4.69, 9.17) is 15.2 Å². The number of carbonyl (C=O) groups excluding carboxylic acids is 2. The van der Waals surface area contributed by atoms with E-state index in [1.807, 2.05) is 4.90 Å². The van der Waals surface area contributed by atoms with Crippen molar-refractivity contribution in [2.75, 3.05) is 20.3 Å². The van der Waals surface area contributed by atoms with Crippen molar-refractivity contribution in [3.8, 4) is 11.5 Å². The molecule has 1 aliphatic heterocycles. The van der Waals surface area contributed by atoms with Crippen molar-refractivity contribution in [3.63, 3.8) is 0 Å². The Morgan fingerprint density at radius 1 is 1.36 bits per heavy atom. The maximum atomic E-state index is 12.5. The monoisotopic (exact) mass is 346 g/mol. The number of carbonyl (C=O) groups is 2. The number of rotatable bonds is 7. The van der Waals surface area contributed by atoms with Crippen LogP contribution >= 0.6 is 0 Å². The summed E-state index contributed by atoms with van der Waals surface area (Å²) in [6.45, 7) is 4.90. The van der Waals surface area contributed by atoms with E-state index >= 15 is 0 Å². The van der Waals surface area contributed by atoms with E-state index in [2.05, 4.69) is 13.8 Å². The second-order valence-electron chi connectivity index (χ2n) is 6.48. The molecule has 1 heterocycles. The molecule has 1 aromatic rings. The second kappa shape index (κ2) is 8.55. The van der Waals surface area contributed by atoms with Gasteiger partial charge in [-0.1, -0.05) is 19.9 Å². The van der Waals surface area contributed by atoms with E-state index in [0.29, 0.717) is 23.5 Å². The number of likely N-dealkylation sites (tertiary alicyclic amines) is 1. The minimum atomic E-state index is -0.554. The third-order valence-corrected chi connectivity index (χ3v) is 4.33. The van der Waals surface area contributed by atoms with Crippen molar-refractivity contribution >= 4 is 17.9 Å². The van der Waals surface area contributed by atoms with Crippen LogP contribution in [0, 0.1) is 5.92 Å². The average molecular weight is 346 g/mol. The number of nitrogens with zero attached hydrogens (tertiary/aromatic N) is 1. The van der Waals surface area contributed by atoms with Crippen molar-refractivity contribution in [1.29, 1.82) is 0 Å². The predicted octanol–water partition coefficient (Wildman–Crippen LogP) is 2.22. The van der Waals surface area contributed by atoms with Gasteiger partial charge in [0.05, 0.1) is 7.11 Å². The van der Waals surface area contributed by atoms with Gasteiger partial charge in [0.15, 0.2) is 18.1 Å². The van der Waals surface area contributed by atoms with E-state index in [1.54, 1.807) is 30.4 Å². The van der Waals surface area contributed by atoms with Crippen molar-refractivity contribution in [3.05, 3.63) is 29.8 Å². The smallest absolute Gasteiger partial charge is 0.255 e. The molecule has 1 aromatic carbocycles. The van der Waals surface area contributed by atoms with Gasteiger partial charge in [-0.3, -0.25) is 9.59 Å². The van der Waals surface area contributed by atoms with Gasteiger partial charge in [0, 0.05) is 18.7 Å². The summed E-state index contributed by atoms with van der Waals surface area (Å²) in [5.74, 6) is 0.856. The molecule has 2 amide bonds. The van der Waals surface area contributed by atoms with Crippen LogP contribution in [0.3, 0.4) is 0 Å². The zero-order valence-corrected chi connectivity index (χ0v) is 15.0. The first kappa shape index (κ1) is 18.8. The lowest BCUT2D eigenvalue weighted by atomic mass is 10.0. The highest BCUT2D eigenvalue weighted by atomic mass is 16.5. The summed E-state index contributed by atoms with van der Waals surface area (Å²) in [6, 6.07) is 5.56. The third-order valence-electron chi connectivity index (χ3n) is 4.33. The molecule has 1 saturated heterocycles. The number of methoxy groups -OCH3 is 1. The maximum Gasteiger partial charge on any atom is 0.255 e. The lowest BCUT2D eigenvalue weighted by Gasteiger charge is -2.26. The summed E-state index contributed by atoms with van der Waals surface area (Å²) in [5, 5.41) is 0. The van der Waals surface area contributed by atoms with Gasteiger partial charge >= 0.3 is 0 Å². The number of nitrogens with two attached hydrogens (primary N) is 1. The first-order chi connectivity index (χ1) is 11.9. The molecule has 0 radical (unpaired) electrons. The quantitative estimate of drug-likeness (QED) is 0.768. The highest BCUT2D eigenvalue weighted by Gasteiger charge is 2.29. The highest BCUT2D eigenvalue weighted by Crippen LogP contribution is 2.29. The average Bonchev–Trinajstić information content (AvgIpc) is 3.08. The van der Waals surface area contributed by atoms with Gasteiger partial charge in [-0.05, 0) is 42.5 Å². The lowest BCUT2D eigenvalue weighted by molar-refractivity contribution is -0.127. The van der Waals surface area contributed by atoms with Crippen LogP contribution in [0.2, 0.25) is 0 Å². The summed E-state index contributed by atoms with van der Waals surface area (Å²) in [5.41, 5.74) is 5.89. The largest absolute Gasteiger partial charge is 0.493 e. The zero-order valence-electron chi connectivity index (χ0n) is 15.0. The molecule has 1 unspecified atom stereocenters. The molecule has 136 valence electrons. The molecule has 1 aliphatic rings. The van der Waals surface area contributed by atoms with Gasteiger partial charge in [-0.2, -0.15) is 0 Å². The van der Waals surface area contributed by atoms with Gasteiger partial charge in [-0.25, -0.2) is 0 Å². The molecule has 2 rings (SSSR count). The molecule has 25 heavy (non-hydrogen) atoms. The van der Waals surface area contributed by atoms with Crippen molar-refractivity contribution < 1.29 is 19.1 Å². The van der Waals surface area contributed by atoms with Gasteiger partial charge < -0.3 is 20.1 Å². The molecule has 0 spiro atoms. The summed E-state index contributed by atoms with van der Waals surface area (Å²) in [6.07, 6.45) is 5.48. The van der Waals surface area contributed by atoms with E-state index in [9.17, 15) is 9.59 Å². The number of primary amides is 1. The summed E-state index contributed by atoms with van der Waals surface area (Å²) >= 11 is 0. The molecule has 1 fully saturated rings. The lowest BCUT2D eigenvalue weighted by Crippen LogP contribution is -2.37. The Hall–Kier alpha value is -2.50. The Balaban J connectivity index is 2.07. The minimum absolute atomic E-state index is 0.0317. The van der Waals surface area contributed by atoms with Crippen LogP contribution < -0.4 is 15.2 Å². The van der Waals surface area contributed by atoms with Crippen molar-refractivity contribution in [2.24, 2.45) is 11.7 Å². The van der Waals surface area contributed by atoms with Crippen molar-refractivity contribution in [2.45, 2.75) is 32.7 Å². The Labute approximate surface area is 148 Å². The minimum Gasteiger partial charge on any atom is -0.493 e. The number of amides is 2. The molecule has 6 heteroatoms. The van der Waals surface area contributed by atoms with Crippen LogP contribution in [-0.4, -0.2) is 43.0 Å². The first-order valence-electron chi connectivity index (χ1n) is 8.50. The maximum absolute atomic E-state index is 12.5. The Morgan fingerprint density at radius 2 is 2.12 bits per heavy atom. The fourth-order valence-corrected chi connectivity index (χ4v) is 3.08. The van der Waals surface area contributed by atoms with Crippen LogP contribution in [0.25, 0.3) is 6.08 Å². The van der Waals surface area contributed by atoms with E-state index < -0.39 is 5.91 Å². The summed E-state index contributed by atoms with van der Waals surface area (Å²) in [4.78, 5) is 25.2. The van der Waals surface area contributed by atoms with Gasteiger partial charge in [0.2, 0.25) is 5.91 Å². The molecule has 6 nitrogen and oxygen atoms in total. The fraction of sp³-hybridized carbons (Fsp3) is 0.474. The Bertz CT molecular complexity index is 655. The second-order valence-corrected chi connectivity index (χ2v) is 6.48. The van der Waals surface area contributed by atoms with Crippen LogP contribution in [0.15, 0.2) is 24.3 Å². The van der Waals surface area contributed by atoms with Crippen molar-refractivity contribution in [1.82, 2.24) is 4.90 Å². The van der Waals surface area contributed by atoms with Crippen LogP contribution in [0.4, 0.5) is 0 Å². The summed E-state index contributed by atoms with van der Waals surface area (Å²) in [7, 11) is 1.52. The standard InChI is InChI=1S/C19H26N2O4/c1-13(2)15-5-4-10-21(15)19(23)9-7-14-6-8-16(17(11-14)24-3)25-12-18(20)22/h6-9,11,13,15H,4-5,10,12H2,1-3H3,(H2,20,22). The summed E-state index contributed by atoms with van der Waals surface area (Å²) < 4.78 is 10.6. The molecule has 0 aliphatic carbocycles. The Kier molecular flexibility index (Phi) is 6.44. The van der Waals surface area contributed by atoms with Crippen LogP contribution in [0.5, 0.6) is 11.5 Å². The fourth-order valence-electron chi connectivity index (χ4n) is 3.08. The van der Waals surface area contributed by atoms with E-state index in [1.165, 1.54) is 7.11 Å². The predicted molar refractivity (Wildman–Crippen MR) is 96.3 cm³/mol. The topological polar surface area (TPSA) is 81.9 Å². The SMILES string of the molecule is COc1cc(C=CC(=O)N2CCCC2C(C)C)ccc1OCC(N)=O. The van der Waals surface area contributed by atoms with Gasteiger partial charge in [-0.15, -0.1) is 0 Å².